The number of aryl methyl sites for hydroxylation is 1. The van der Waals surface area contributed by atoms with Crippen LogP contribution in [0.3, 0.4) is 0 Å². The molecule has 2 aliphatic rings. The summed E-state index contributed by atoms with van der Waals surface area (Å²) in [5.41, 5.74) is 0.927. The smallest absolute Gasteiger partial charge is 0.240 e. The van der Waals surface area contributed by atoms with Crippen molar-refractivity contribution >= 4 is 21.8 Å². The van der Waals surface area contributed by atoms with E-state index in [1.807, 2.05) is 6.92 Å². The highest BCUT2D eigenvalue weighted by Gasteiger charge is 2.29. The zero-order valence-electron chi connectivity index (χ0n) is 16.3. The van der Waals surface area contributed by atoms with Gasteiger partial charge in [-0.2, -0.15) is 0 Å². The van der Waals surface area contributed by atoms with Crippen molar-refractivity contribution in [1.29, 1.82) is 0 Å². The standard InChI is InChI=1S/C20H29N3O4S/c1-2-21-20(25)16-4-3-13-23(14-16)19(24)12-7-15-5-10-18(11-6-15)28(26,27)22-17-8-9-17/h5-6,10-11,16-17,22H,2-4,7-9,12-14H2,1H3,(H,21,25). The van der Waals surface area contributed by atoms with Crippen molar-refractivity contribution in [2.24, 2.45) is 5.92 Å². The van der Waals surface area contributed by atoms with E-state index in [0.717, 1.165) is 31.2 Å². The lowest BCUT2D eigenvalue weighted by Crippen LogP contribution is -2.45. The van der Waals surface area contributed by atoms with E-state index in [0.29, 0.717) is 32.5 Å². The van der Waals surface area contributed by atoms with E-state index in [1.54, 1.807) is 29.2 Å². The first-order valence-corrected chi connectivity index (χ1v) is 11.5. The summed E-state index contributed by atoms with van der Waals surface area (Å²) in [5.74, 6) is -0.0567. The molecule has 0 aromatic heterocycles. The number of sulfonamides is 1. The largest absolute Gasteiger partial charge is 0.356 e. The molecule has 2 amide bonds. The van der Waals surface area contributed by atoms with Crippen LogP contribution in [0, 0.1) is 5.92 Å². The fraction of sp³-hybridized carbons (Fsp3) is 0.600. The number of amides is 2. The Morgan fingerprint density at radius 2 is 1.86 bits per heavy atom. The third-order valence-electron chi connectivity index (χ3n) is 5.26. The quantitative estimate of drug-likeness (QED) is 0.682. The zero-order chi connectivity index (χ0) is 20.1. The van der Waals surface area contributed by atoms with Crippen LogP contribution in [0.4, 0.5) is 0 Å². The topological polar surface area (TPSA) is 95.6 Å². The summed E-state index contributed by atoms with van der Waals surface area (Å²) in [7, 11) is -3.44. The average molecular weight is 408 g/mol. The lowest BCUT2D eigenvalue weighted by atomic mass is 9.96. The molecule has 1 aromatic carbocycles. The SMILES string of the molecule is CCNC(=O)C1CCCN(C(=O)CCc2ccc(S(=O)(=O)NC3CC3)cc2)C1. The van der Waals surface area contributed by atoms with Gasteiger partial charge in [0.1, 0.15) is 0 Å². The van der Waals surface area contributed by atoms with Gasteiger partial charge in [0.15, 0.2) is 0 Å². The number of nitrogens with one attached hydrogen (secondary N) is 2. The van der Waals surface area contributed by atoms with E-state index in [-0.39, 0.29) is 28.7 Å². The van der Waals surface area contributed by atoms with Gasteiger partial charge in [-0.05, 0) is 56.7 Å². The number of likely N-dealkylation sites (tertiary alicyclic amines) is 1. The number of hydrogen-bond donors (Lipinski definition) is 2. The minimum atomic E-state index is -3.44. The Morgan fingerprint density at radius 1 is 1.14 bits per heavy atom. The van der Waals surface area contributed by atoms with Crippen LogP contribution in [0.25, 0.3) is 0 Å². The molecule has 1 saturated heterocycles. The molecule has 0 radical (unpaired) electrons. The minimum Gasteiger partial charge on any atom is -0.356 e. The van der Waals surface area contributed by atoms with E-state index in [9.17, 15) is 18.0 Å². The Morgan fingerprint density at radius 3 is 2.50 bits per heavy atom. The van der Waals surface area contributed by atoms with Gasteiger partial charge < -0.3 is 10.2 Å². The number of hydrogen-bond acceptors (Lipinski definition) is 4. The molecular formula is C20H29N3O4S. The molecule has 3 rings (SSSR count). The second-order valence-corrected chi connectivity index (χ2v) is 9.33. The lowest BCUT2D eigenvalue weighted by Gasteiger charge is -2.32. The number of carbonyl (C=O) groups excluding carboxylic acids is 2. The van der Waals surface area contributed by atoms with Crippen molar-refractivity contribution in [2.75, 3.05) is 19.6 Å². The third kappa shape index (κ3) is 5.54. The van der Waals surface area contributed by atoms with Gasteiger partial charge in [0.05, 0.1) is 10.8 Å². The van der Waals surface area contributed by atoms with Crippen molar-refractivity contribution in [1.82, 2.24) is 14.9 Å². The van der Waals surface area contributed by atoms with Gasteiger partial charge in [0.2, 0.25) is 21.8 Å². The average Bonchev–Trinajstić information content (AvgIpc) is 3.50. The minimum absolute atomic E-state index is 0.0246. The zero-order valence-corrected chi connectivity index (χ0v) is 17.1. The first kappa shape index (κ1) is 20.8. The van der Waals surface area contributed by atoms with Crippen LogP contribution in [0.2, 0.25) is 0 Å². The Bertz CT molecular complexity index is 803. The molecule has 0 bridgehead atoms. The van der Waals surface area contributed by atoms with Gasteiger partial charge in [-0.25, -0.2) is 13.1 Å². The van der Waals surface area contributed by atoms with E-state index >= 15 is 0 Å². The van der Waals surface area contributed by atoms with Gasteiger partial charge in [-0.3, -0.25) is 9.59 Å². The molecule has 28 heavy (non-hydrogen) atoms. The predicted molar refractivity (Wildman–Crippen MR) is 106 cm³/mol. The summed E-state index contributed by atoms with van der Waals surface area (Å²) >= 11 is 0. The van der Waals surface area contributed by atoms with Gasteiger partial charge in [0.25, 0.3) is 0 Å². The second kappa shape index (κ2) is 9.05. The number of benzene rings is 1. The summed E-state index contributed by atoms with van der Waals surface area (Å²) in [6.45, 7) is 3.67. The third-order valence-corrected chi connectivity index (χ3v) is 6.79. The second-order valence-electron chi connectivity index (χ2n) is 7.61. The molecule has 1 aliphatic heterocycles. The van der Waals surface area contributed by atoms with Crippen LogP contribution in [0.15, 0.2) is 29.2 Å². The normalized spacial score (nSPS) is 20.0. The van der Waals surface area contributed by atoms with Crippen molar-refractivity contribution in [3.05, 3.63) is 29.8 Å². The van der Waals surface area contributed by atoms with Crippen LogP contribution in [0.5, 0.6) is 0 Å². The molecule has 7 nitrogen and oxygen atoms in total. The summed E-state index contributed by atoms with van der Waals surface area (Å²) in [4.78, 5) is 26.6. The monoisotopic (exact) mass is 407 g/mol. The predicted octanol–water partition coefficient (Wildman–Crippen LogP) is 1.43. The van der Waals surface area contributed by atoms with Crippen molar-refractivity contribution in [3.63, 3.8) is 0 Å². The van der Waals surface area contributed by atoms with Crippen LogP contribution in [-0.4, -0.2) is 50.8 Å². The molecule has 154 valence electrons. The first-order valence-electron chi connectivity index (χ1n) is 10.1. The highest BCUT2D eigenvalue weighted by molar-refractivity contribution is 7.89. The maximum atomic E-state index is 12.5. The Hall–Kier alpha value is -1.93. The molecule has 1 saturated carbocycles. The van der Waals surface area contributed by atoms with Crippen LogP contribution in [0.1, 0.15) is 44.6 Å². The van der Waals surface area contributed by atoms with Gasteiger partial charge in [-0.15, -0.1) is 0 Å². The molecule has 8 heteroatoms. The molecule has 1 heterocycles. The number of piperidine rings is 1. The van der Waals surface area contributed by atoms with Crippen LogP contribution >= 0.6 is 0 Å². The maximum Gasteiger partial charge on any atom is 0.240 e. The highest BCUT2D eigenvalue weighted by atomic mass is 32.2. The lowest BCUT2D eigenvalue weighted by molar-refractivity contribution is -0.135. The van der Waals surface area contributed by atoms with E-state index in [2.05, 4.69) is 10.0 Å². The Kier molecular flexibility index (Phi) is 6.72. The van der Waals surface area contributed by atoms with Crippen molar-refractivity contribution in [3.8, 4) is 0 Å². The fourth-order valence-electron chi connectivity index (χ4n) is 3.47. The molecule has 1 unspecified atom stereocenters. The molecule has 1 aromatic rings. The van der Waals surface area contributed by atoms with Crippen LogP contribution in [-0.2, 0) is 26.0 Å². The maximum absolute atomic E-state index is 12.5. The van der Waals surface area contributed by atoms with E-state index < -0.39 is 10.0 Å². The fourth-order valence-corrected chi connectivity index (χ4v) is 4.77. The van der Waals surface area contributed by atoms with Gasteiger partial charge in [-0.1, -0.05) is 12.1 Å². The molecule has 0 spiro atoms. The number of nitrogens with zero attached hydrogens (tertiary/aromatic N) is 1. The molecule has 2 fully saturated rings. The summed E-state index contributed by atoms with van der Waals surface area (Å²) < 4.78 is 27.0. The Labute approximate surface area is 166 Å². The van der Waals surface area contributed by atoms with Crippen LogP contribution < -0.4 is 10.0 Å². The van der Waals surface area contributed by atoms with Crippen molar-refractivity contribution < 1.29 is 18.0 Å². The first-order chi connectivity index (χ1) is 13.4. The number of carbonyl (C=O) groups is 2. The molecular weight excluding hydrogens is 378 g/mol. The van der Waals surface area contributed by atoms with E-state index in [4.69, 9.17) is 0 Å². The summed E-state index contributed by atoms with van der Waals surface area (Å²) in [6.07, 6.45) is 4.37. The summed E-state index contributed by atoms with van der Waals surface area (Å²) in [5, 5.41) is 2.83. The molecule has 1 atom stereocenters. The van der Waals surface area contributed by atoms with Gasteiger partial charge >= 0.3 is 0 Å². The van der Waals surface area contributed by atoms with E-state index in [1.165, 1.54) is 0 Å². The van der Waals surface area contributed by atoms with Gasteiger partial charge in [0, 0.05) is 32.1 Å². The highest BCUT2D eigenvalue weighted by Crippen LogP contribution is 2.22. The molecule has 1 aliphatic carbocycles. The summed E-state index contributed by atoms with van der Waals surface area (Å²) in [6, 6.07) is 6.80. The molecule has 2 N–H and O–H groups in total. The Balaban J connectivity index is 1.50. The van der Waals surface area contributed by atoms with Crippen molar-refractivity contribution in [2.45, 2.75) is 56.4 Å². The number of rotatable bonds is 8.